The van der Waals surface area contributed by atoms with Crippen LogP contribution in [0.1, 0.15) is 41.5 Å². The van der Waals surface area contributed by atoms with Crippen molar-refractivity contribution in [1.82, 2.24) is 4.57 Å². The summed E-state index contributed by atoms with van der Waals surface area (Å²) in [6, 6.07) is 17.0. The smallest absolute Gasteiger partial charge is 0.338 e. The van der Waals surface area contributed by atoms with Gasteiger partial charge in [0, 0.05) is 4.88 Å². The maximum Gasteiger partial charge on any atom is 0.338 e. The van der Waals surface area contributed by atoms with Crippen molar-refractivity contribution in [3.63, 3.8) is 0 Å². The van der Waals surface area contributed by atoms with E-state index < -0.39 is 12.0 Å². The number of rotatable bonds is 8. The fourth-order valence-electron chi connectivity index (χ4n) is 4.53. The topological polar surface area (TPSA) is 79.1 Å². The molecule has 0 N–H and O–H groups in total. The Kier molecular flexibility index (Phi) is 7.81. The Labute approximate surface area is 234 Å². The lowest BCUT2D eigenvalue weighted by atomic mass is 10.0. The van der Waals surface area contributed by atoms with Crippen LogP contribution in [0.5, 0.6) is 11.5 Å². The van der Waals surface area contributed by atoms with Crippen LogP contribution in [0.15, 0.2) is 81.0 Å². The van der Waals surface area contributed by atoms with Gasteiger partial charge in [-0.3, -0.25) is 9.36 Å². The number of nitrogens with zero attached hydrogens (tertiary/aromatic N) is 2. The van der Waals surface area contributed by atoms with Crippen LogP contribution in [0, 0.1) is 6.92 Å². The van der Waals surface area contributed by atoms with Crippen LogP contribution >= 0.6 is 22.7 Å². The first-order valence-corrected chi connectivity index (χ1v) is 14.2. The summed E-state index contributed by atoms with van der Waals surface area (Å²) in [6.07, 6.45) is 1.82. The van der Waals surface area contributed by atoms with E-state index in [0.29, 0.717) is 45.3 Å². The molecule has 2 aromatic carbocycles. The predicted octanol–water partition coefficient (Wildman–Crippen LogP) is 4.76. The highest BCUT2D eigenvalue weighted by molar-refractivity contribution is 7.10. The van der Waals surface area contributed by atoms with Crippen molar-refractivity contribution in [3.8, 4) is 11.5 Å². The molecule has 4 aromatic rings. The Morgan fingerprint density at radius 1 is 1.08 bits per heavy atom. The SMILES string of the molecule is CCOc1cc(C=c2sc3n(c2=O)C(c2cccs2)C(C(=O)OC)=C(C)N=3)ccc1OCc1cccc(C)c1. The quantitative estimate of drug-likeness (QED) is 0.291. The zero-order valence-electron chi connectivity index (χ0n) is 22.1. The Hall–Kier alpha value is -3.95. The van der Waals surface area contributed by atoms with Gasteiger partial charge in [0.25, 0.3) is 5.56 Å². The van der Waals surface area contributed by atoms with E-state index in [9.17, 15) is 9.59 Å². The van der Waals surface area contributed by atoms with Crippen LogP contribution in [0.3, 0.4) is 0 Å². The van der Waals surface area contributed by atoms with Gasteiger partial charge in [-0.05, 0) is 61.6 Å². The first-order valence-electron chi connectivity index (χ1n) is 12.5. The number of aryl methyl sites for hydroxylation is 1. The zero-order valence-corrected chi connectivity index (χ0v) is 23.7. The zero-order chi connectivity index (χ0) is 27.5. The summed E-state index contributed by atoms with van der Waals surface area (Å²) >= 11 is 2.77. The van der Waals surface area contributed by atoms with Gasteiger partial charge in [0.1, 0.15) is 12.6 Å². The first-order chi connectivity index (χ1) is 18.9. The molecule has 3 heterocycles. The monoisotopic (exact) mass is 560 g/mol. The molecule has 0 radical (unpaired) electrons. The number of ether oxygens (including phenoxy) is 3. The minimum Gasteiger partial charge on any atom is -0.490 e. The first kappa shape index (κ1) is 26.6. The summed E-state index contributed by atoms with van der Waals surface area (Å²) in [5.74, 6) is 0.742. The highest BCUT2D eigenvalue weighted by Gasteiger charge is 2.33. The molecule has 0 saturated heterocycles. The van der Waals surface area contributed by atoms with E-state index in [-0.39, 0.29) is 5.56 Å². The van der Waals surface area contributed by atoms with Gasteiger partial charge in [-0.25, -0.2) is 9.79 Å². The molecular formula is C30H28N2O5S2. The number of carbonyl (C=O) groups is 1. The largest absolute Gasteiger partial charge is 0.490 e. The van der Waals surface area contributed by atoms with Gasteiger partial charge in [-0.1, -0.05) is 53.3 Å². The van der Waals surface area contributed by atoms with Crippen LogP contribution < -0.4 is 24.4 Å². The predicted molar refractivity (Wildman–Crippen MR) is 153 cm³/mol. The molecule has 1 aliphatic heterocycles. The molecule has 5 rings (SSSR count). The van der Waals surface area contributed by atoms with E-state index in [0.717, 1.165) is 16.0 Å². The molecule has 0 aliphatic carbocycles. The number of hydrogen-bond acceptors (Lipinski definition) is 8. The third-order valence-corrected chi connectivity index (χ3v) is 8.19. The van der Waals surface area contributed by atoms with Crippen LogP contribution in [0.25, 0.3) is 6.08 Å². The Bertz CT molecular complexity index is 1730. The fourth-order valence-corrected chi connectivity index (χ4v) is 6.40. The minimum atomic E-state index is -0.591. The molecule has 7 nitrogen and oxygen atoms in total. The normalized spacial score (nSPS) is 15.1. The Morgan fingerprint density at radius 2 is 1.92 bits per heavy atom. The van der Waals surface area contributed by atoms with E-state index in [2.05, 4.69) is 11.1 Å². The van der Waals surface area contributed by atoms with Crippen LogP contribution in [-0.4, -0.2) is 24.3 Å². The number of thiophene rings is 1. The van der Waals surface area contributed by atoms with Crippen LogP contribution in [0.4, 0.5) is 0 Å². The molecule has 0 fully saturated rings. The molecule has 1 atom stereocenters. The Balaban J connectivity index is 1.53. The molecule has 2 aromatic heterocycles. The molecule has 39 heavy (non-hydrogen) atoms. The number of allylic oxidation sites excluding steroid dienone is 1. The van der Waals surface area contributed by atoms with Crippen molar-refractivity contribution >= 4 is 34.7 Å². The molecule has 0 amide bonds. The molecule has 1 aliphatic rings. The van der Waals surface area contributed by atoms with E-state index in [1.165, 1.54) is 35.3 Å². The summed E-state index contributed by atoms with van der Waals surface area (Å²) in [5, 5.41) is 1.92. The number of benzene rings is 2. The highest BCUT2D eigenvalue weighted by atomic mass is 32.1. The number of esters is 1. The molecule has 0 spiro atoms. The minimum absolute atomic E-state index is 0.219. The number of thiazole rings is 1. The second kappa shape index (κ2) is 11.4. The highest BCUT2D eigenvalue weighted by Crippen LogP contribution is 2.33. The maximum absolute atomic E-state index is 13.7. The van der Waals surface area contributed by atoms with Gasteiger partial charge in [0.05, 0.1) is 29.5 Å². The van der Waals surface area contributed by atoms with Gasteiger partial charge < -0.3 is 14.2 Å². The molecular weight excluding hydrogens is 532 g/mol. The molecule has 0 bridgehead atoms. The molecule has 1 unspecified atom stereocenters. The maximum atomic E-state index is 13.7. The van der Waals surface area contributed by atoms with Gasteiger partial charge >= 0.3 is 5.97 Å². The number of carbonyl (C=O) groups excluding carboxylic acids is 1. The lowest BCUT2D eigenvalue weighted by molar-refractivity contribution is -0.136. The van der Waals surface area contributed by atoms with Crippen molar-refractivity contribution in [2.45, 2.75) is 33.4 Å². The second-order valence-electron chi connectivity index (χ2n) is 9.01. The Morgan fingerprint density at radius 3 is 2.64 bits per heavy atom. The number of hydrogen-bond donors (Lipinski definition) is 0. The number of methoxy groups -OCH3 is 1. The van der Waals surface area contributed by atoms with E-state index in [1.807, 2.05) is 73.8 Å². The third-order valence-electron chi connectivity index (χ3n) is 6.28. The summed E-state index contributed by atoms with van der Waals surface area (Å²) in [5.41, 5.74) is 3.74. The summed E-state index contributed by atoms with van der Waals surface area (Å²) in [6.45, 7) is 6.64. The second-order valence-corrected chi connectivity index (χ2v) is 11.0. The van der Waals surface area contributed by atoms with E-state index in [1.54, 1.807) is 11.5 Å². The van der Waals surface area contributed by atoms with Gasteiger partial charge in [-0.2, -0.15) is 0 Å². The van der Waals surface area contributed by atoms with Crippen molar-refractivity contribution < 1.29 is 19.0 Å². The summed E-state index contributed by atoms with van der Waals surface area (Å²) in [4.78, 5) is 32.4. The summed E-state index contributed by atoms with van der Waals surface area (Å²) in [7, 11) is 1.34. The molecule has 9 heteroatoms. The van der Waals surface area contributed by atoms with Crippen molar-refractivity contribution in [1.29, 1.82) is 0 Å². The number of aromatic nitrogens is 1. The summed E-state index contributed by atoms with van der Waals surface area (Å²) < 4.78 is 19.1. The third kappa shape index (κ3) is 5.46. The van der Waals surface area contributed by atoms with Crippen LogP contribution in [-0.2, 0) is 16.1 Å². The lowest BCUT2D eigenvalue weighted by Crippen LogP contribution is -2.39. The van der Waals surface area contributed by atoms with Gasteiger partial charge in [0.15, 0.2) is 16.3 Å². The molecule has 200 valence electrons. The lowest BCUT2D eigenvalue weighted by Gasteiger charge is -2.22. The average Bonchev–Trinajstić information content (AvgIpc) is 3.56. The fraction of sp³-hybridized carbons (Fsp3) is 0.233. The van der Waals surface area contributed by atoms with Crippen LogP contribution in [0.2, 0.25) is 0 Å². The number of fused-ring (bicyclic) bond motifs is 1. The van der Waals surface area contributed by atoms with E-state index in [4.69, 9.17) is 14.2 Å². The molecule has 0 saturated carbocycles. The standard InChI is InChI=1S/C30H28N2O5S2/c1-5-36-23-15-20(11-12-22(23)37-17-21-9-6-8-18(2)14-21)16-25-28(33)32-27(24-10-7-13-38-24)26(29(34)35-4)19(3)31-30(32)39-25/h6-16,27H,5,17H2,1-4H3. The van der Waals surface area contributed by atoms with Gasteiger partial charge in [0.2, 0.25) is 0 Å². The van der Waals surface area contributed by atoms with Crippen molar-refractivity contribution in [2.24, 2.45) is 4.99 Å². The van der Waals surface area contributed by atoms with Crippen molar-refractivity contribution in [2.75, 3.05) is 13.7 Å². The van der Waals surface area contributed by atoms with Crippen molar-refractivity contribution in [3.05, 3.63) is 113 Å². The van der Waals surface area contributed by atoms with E-state index >= 15 is 0 Å². The average molecular weight is 561 g/mol. The van der Waals surface area contributed by atoms with Gasteiger partial charge in [-0.15, -0.1) is 11.3 Å².